The monoisotopic (exact) mass is 169 g/mol. The fraction of sp³-hybridized carbons (Fsp3) is 0.750. The fourth-order valence-electron chi connectivity index (χ4n) is 0.537. The summed E-state index contributed by atoms with van der Waals surface area (Å²) in [4.78, 5) is 20.0. The molecule has 0 rings (SSSR count). The number of rotatable bonds is 4. The zero-order valence-corrected chi connectivity index (χ0v) is 7.87. The molecule has 0 aromatic rings. The number of carbonyl (C=O) groups excluding carboxylic acids is 1. The first-order valence-electron chi connectivity index (χ1n) is 3.96. The third-order valence-corrected chi connectivity index (χ3v) is 1.18. The fourth-order valence-corrected chi connectivity index (χ4v) is 0.537. The third-order valence-electron chi connectivity index (χ3n) is 1.18. The Morgan fingerprint density at radius 2 is 2.17 bits per heavy atom. The lowest BCUT2D eigenvalue weighted by Crippen LogP contribution is -2.15. The molecule has 0 radical (unpaired) electrons. The molecule has 0 aliphatic rings. The number of carbonyl (C=O) groups is 1. The predicted molar refractivity (Wildman–Crippen MR) is 48.6 cm³/mol. The Morgan fingerprint density at radius 1 is 1.50 bits per heavy atom. The molecule has 0 aromatic carbocycles. The van der Waals surface area contributed by atoms with Gasteiger partial charge in [0.15, 0.2) is 0 Å². The molecular formula is C8H15N3O. The van der Waals surface area contributed by atoms with Crippen molar-refractivity contribution in [1.82, 2.24) is 4.90 Å². The highest BCUT2D eigenvalue weighted by Gasteiger charge is 1.97. The minimum atomic E-state index is -0.166. The molecule has 4 heteroatoms. The lowest BCUT2D eigenvalue weighted by Gasteiger charge is -2.05. The van der Waals surface area contributed by atoms with Crippen molar-refractivity contribution < 1.29 is 4.79 Å². The summed E-state index contributed by atoms with van der Waals surface area (Å²) < 4.78 is 0. The van der Waals surface area contributed by atoms with Crippen LogP contribution in [0.25, 0.3) is 0 Å². The zero-order valence-electron chi connectivity index (χ0n) is 7.87. The molecule has 0 spiro atoms. The van der Waals surface area contributed by atoms with E-state index in [1.165, 1.54) is 0 Å². The molecule has 4 nitrogen and oxygen atoms in total. The third kappa shape index (κ3) is 7.12. The van der Waals surface area contributed by atoms with Gasteiger partial charge in [0.2, 0.25) is 0 Å². The van der Waals surface area contributed by atoms with Gasteiger partial charge < -0.3 is 4.90 Å². The van der Waals surface area contributed by atoms with Gasteiger partial charge in [-0.05, 0) is 21.0 Å². The molecule has 0 saturated carbocycles. The maximum absolute atomic E-state index is 10.9. The Balaban J connectivity index is 3.67. The summed E-state index contributed by atoms with van der Waals surface area (Å²) in [5.41, 5.74) is 0. The van der Waals surface area contributed by atoms with Gasteiger partial charge in [0.05, 0.1) is 6.01 Å². The summed E-state index contributed by atoms with van der Waals surface area (Å²) in [6, 6.07) is 2.34. The van der Waals surface area contributed by atoms with Crippen LogP contribution in [0.3, 0.4) is 0 Å². The van der Waals surface area contributed by atoms with Crippen LogP contribution in [0.4, 0.5) is 0 Å². The number of nitrogens with zero attached hydrogens (tertiary/aromatic N) is 3. The van der Waals surface area contributed by atoms with Crippen molar-refractivity contribution in [2.45, 2.75) is 13.3 Å². The van der Waals surface area contributed by atoms with E-state index in [1.807, 2.05) is 25.9 Å². The number of hydrogen-bond acceptors (Lipinski definition) is 3. The molecule has 0 atom stereocenters. The molecule has 0 saturated heterocycles. The summed E-state index contributed by atoms with van der Waals surface area (Å²) >= 11 is 0. The summed E-state index contributed by atoms with van der Waals surface area (Å²) in [5, 5.41) is 0. The van der Waals surface area contributed by atoms with Crippen LogP contribution >= 0.6 is 0 Å². The predicted octanol–water partition coefficient (Wildman–Crippen LogP) is 0.659. The van der Waals surface area contributed by atoms with E-state index in [-0.39, 0.29) is 5.91 Å². The second-order valence-electron chi connectivity index (χ2n) is 2.63. The highest BCUT2D eigenvalue weighted by Crippen LogP contribution is 1.85. The molecular weight excluding hydrogens is 154 g/mol. The van der Waals surface area contributed by atoms with Crippen LogP contribution in [-0.2, 0) is 4.79 Å². The quantitative estimate of drug-likeness (QED) is 0.580. The molecule has 0 aliphatic carbocycles. The van der Waals surface area contributed by atoms with Gasteiger partial charge in [-0.25, -0.2) is 4.99 Å². The van der Waals surface area contributed by atoms with Crippen LogP contribution in [0.5, 0.6) is 0 Å². The van der Waals surface area contributed by atoms with Gasteiger partial charge in [0.25, 0.3) is 5.91 Å². The molecule has 0 unspecified atom stereocenters. The van der Waals surface area contributed by atoms with Gasteiger partial charge in [0, 0.05) is 19.5 Å². The van der Waals surface area contributed by atoms with E-state index in [9.17, 15) is 4.79 Å². The first-order valence-corrected chi connectivity index (χ1v) is 3.96. The molecule has 0 bridgehead atoms. The van der Waals surface area contributed by atoms with E-state index in [1.54, 1.807) is 0 Å². The Hall–Kier alpha value is -0.990. The van der Waals surface area contributed by atoms with Crippen molar-refractivity contribution in [2.75, 3.05) is 27.2 Å². The number of amides is 1. The van der Waals surface area contributed by atoms with Crippen molar-refractivity contribution >= 4 is 11.9 Å². The SMILES string of the molecule is CCN=C=NC(=O)CCN(C)C. The standard InChI is InChI=1S/C8H15N3O/c1-4-9-7-10-8(12)5-6-11(2)3/h4-6H2,1-3H3. The Kier molecular flexibility index (Phi) is 6.15. The van der Waals surface area contributed by atoms with Crippen LogP contribution in [0.2, 0.25) is 0 Å². The van der Waals surface area contributed by atoms with E-state index >= 15 is 0 Å². The van der Waals surface area contributed by atoms with Crippen LogP contribution in [0, 0.1) is 0 Å². The number of hydrogen-bond donors (Lipinski definition) is 0. The van der Waals surface area contributed by atoms with Crippen molar-refractivity contribution in [3.05, 3.63) is 0 Å². The Labute approximate surface area is 73.0 Å². The molecule has 0 N–H and O–H groups in total. The molecule has 68 valence electrons. The maximum atomic E-state index is 10.9. The van der Waals surface area contributed by atoms with Crippen molar-refractivity contribution in [1.29, 1.82) is 0 Å². The Morgan fingerprint density at radius 3 is 2.67 bits per heavy atom. The second-order valence-corrected chi connectivity index (χ2v) is 2.63. The van der Waals surface area contributed by atoms with Gasteiger partial charge in [-0.2, -0.15) is 0 Å². The summed E-state index contributed by atoms with van der Waals surface area (Å²) in [6.07, 6.45) is 0.430. The van der Waals surface area contributed by atoms with Crippen LogP contribution in [-0.4, -0.2) is 44.0 Å². The topological polar surface area (TPSA) is 45.0 Å². The maximum Gasteiger partial charge on any atom is 0.256 e. The van der Waals surface area contributed by atoms with Gasteiger partial charge in [0.1, 0.15) is 0 Å². The van der Waals surface area contributed by atoms with E-state index in [4.69, 9.17) is 0 Å². The van der Waals surface area contributed by atoms with Crippen molar-refractivity contribution in [3.63, 3.8) is 0 Å². The van der Waals surface area contributed by atoms with Crippen molar-refractivity contribution in [2.24, 2.45) is 9.98 Å². The van der Waals surface area contributed by atoms with Crippen molar-refractivity contribution in [3.8, 4) is 0 Å². The van der Waals surface area contributed by atoms with E-state index in [0.717, 1.165) is 6.54 Å². The number of aliphatic imine (C=N–C) groups is 2. The first kappa shape index (κ1) is 11.0. The van der Waals surface area contributed by atoms with Gasteiger partial charge in [-0.1, -0.05) is 0 Å². The summed E-state index contributed by atoms with van der Waals surface area (Å²) in [5.74, 6) is -0.166. The minimum Gasteiger partial charge on any atom is -0.309 e. The highest BCUT2D eigenvalue weighted by atomic mass is 16.1. The van der Waals surface area contributed by atoms with Gasteiger partial charge >= 0.3 is 0 Å². The van der Waals surface area contributed by atoms with Gasteiger partial charge in [-0.15, -0.1) is 4.99 Å². The second kappa shape index (κ2) is 6.70. The molecule has 0 heterocycles. The largest absolute Gasteiger partial charge is 0.309 e. The first-order chi connectivity index (χ1) is 5.66. The minimum absolute atomic E-state index is 0.166. The van der Waals surface area contributed by atoms with Gasteiger partial charge in [-0.3, -0.25) is 4.79 Å². The zero-order chi connectivity index (χ0) is 9.40. The average Bonchev–Trinajstić information content (AvgIpc) is 2.01. The van der Waals surface area contributed by atoms with Crippen LogP contribution in [0.15, 0.2) is 9.98 Å². The van der Waals surface area contributed by atoms with Crippen LogP contribution in [0.1, 0.15) is 13.3 Å². The normalized spacial score (nSPS) is 9.33. The lowest BCUT2D eigenvalue weighted by molar-refractivity contribution is -0.117. The van der Waals surface area contributed by atoms with E-state index in [0.29, 0.717) is 13.0 Å². The van der Waals surface area contributed by atoms with Crippen LogP contribution < -0.4 is 0 Å². The smallest absolute Gasteiger partial charge is 0.256 e. The average molecular weight is 169 g/mol. The van der Waals surface area contributed by atoms with E-state index in [2.05, 4.69) is 16.0 Å². The molecule has 1 amide bonds. The summed E-state index contributed by atoms with van der Waals surface area (Å²) in [6.45, 7) is 3.20. The highest BCUT2D eigenvalue weighted by molar-refractivity contribution is 5.82. The van der Waals surface area contributed by atoms with E-state index < -0.39 is 0 Å². The molecule has 0 aromatic heterocycles. The molecule has 12 heavy (non-hydrogen) atoms. The molecule has 0 fully saturated rings. The summed E-state index contributed by atoms with van der Waals surface area (Å²) in [7, 11) is 3.83. The molecule has 0 aliphatic heterocycles. The lowest BCUT2D eigenvalue weighted by atomic mass is 10.4. The Bertz CT molecular complexity index is 192.